The van der Waals surface area contributed by atoms with Crippen LogP contribution in [0.5, 0.6) is 0 Å². The minimum absolute atomic E-state index is 0. The molecule has 0 aliphatic carbocycles. The first-order chi connectivity index (χ1) is 13.1. The highest BCUT2D eigenvalue weighted by atomic mass is 127. The lowest BCUT2D eigenvalue weighted by Gasteiger charge is -2.12. The van der Waals surface area contributed by atoms with Crippen molar-refractivity contribution in [3.63, 3.8) is 0 Å². The molecule has 0 fully saturated rings. The van der Waals surface area contributed by atoms with Gasteiger partial charge in [-0.05, 0) is 31.0 Å². The predicted molar refractivity (Wildman–Crippen MR) is 123 cm³/mol. The van der Waals surface area contributed by atoms with Gasteiger partial charge in [0, 0.05) is 45.2 Å². The molecule has 0 spiro atoms. The van der Waals surface area contributed by atoms with Gasteiger partial charge in [0.25, 0.3) is 0 Å². The van der Waals surface area contributed by atoms with Crippen LogP contribution in [-0.2, 0) is 24.2 Å². The van der Waals surface area contributed by atoms with Crippen molar-refractivity contribution in [2.45, 2.75) is 40.2 Å². The number of nitrogens with one attached hydrogen (secondary N) is 3. The summed E-state index contributed by atoms with van der Waals surface area (Å²) in [6, 6.07) is 7.85. The van der Waals surface area contributed by atoms with Gasteiger partial charge in [0.05, 0.1) is 0 Å². The number of hydrogen-bond donors (Lipinski definition) is 3. The van der Waals surface area contributed by atoms with E-state index in [0.717, 1.165) is 49.9 Å². The number of anilines is 1. The molecule has 9 heteroatoms. The fourth-order valence-corrected chi connectivity index (χ4v) is 2.63. The van der Waals surface area contributed by atoms with E-state index in [1.54, 1.807) is 6.33 Å². The minimum atomic E-state index is -0.0637. The lowest BCUT2D eigenvalue weighted by Crippen LogP contribution is -2.39. The number of guanidine groups is 1. The number of aromatic nitrogens is 3. The van der Waals surface area contributed by atoms with Gasteiger partial charge < -0.3 is 20.5 Å². The van der Waals surface area contributed by atoms with Crippen LogP contribution in [0.1, 0.15) is 32.2 Å². The van der Waals surface area contributed by atoms with E-state index >= 15 is 0 Å². The van der Waals surface area contributed by atoms with E-state index < -0.39 is 0 Å². The topological polar surface area (TPSA) is 96.2 Å². The Balaban J connectivity index is 0.00000392. The number of benzene rings is 1. The van der Waals surface area contributed by atoms with Crippen LogP contribution < -0.4 is 16.0 Å². The number of nitrogens with zero attached hydrogens (tertiary/aromatic N) is 4. The van der Waals surface area contributed by atoms with E-state index in [4.69, 9.17) is 0 Å². The van der Waals surface area contributed by atoms with Crippen LogP contribution in [0.4, 0.5) is 5.69 Å². The third-order valence-electron chi connectivity index (χ3n) is 3.95. The standard InChI is InChI=1S/C19H29N7O.HI/c1-4-18-25-23-14-26(18)13-12-22-19(20-5-2)21-11-10-16-6-8-17(9-7-16)24-15(3)27;/h6-9,14H,4-5,10-13H2,1-3H3,(H,24,27)(H2,20,21,22);1H. The van der Waals surface area contributed by atoms with E-state index in [1.165, 1.54) is 12.5 Å². The van der Waals surface area contributed by atoms with Gasteiger partial charge in [-0.2, -0.15) is 0 Å². The molecule has 0 aliphatic heterocycles. The Labute approximate surface area is 183 Å². The van der Waals surface area contributed by atoms with Crippen LogP contribution in [-0.4, -0.2) is 46.3 Å². The lowest BCUT2D eigenvalue weighted by molar-refractivity contribution is -0.114. The van der Waals surface area contributed by atoms with Crippen molar-refractivity contribution in [1.82, 2.24) is 25.4 Å². The zero-order valence-corrected chi connectivity index (χ0v) is 19.1. The molecule has 0 radical (unpaired) electrons. The summed E-state index contributed by atoms with van der Waals surface area (Å²) in [6.45, 7) is 8.67. The van der Waals surface area contributed by atoms with Crippen molar-refractivity contribution in [3.05, 3.63) is 42.0 Å². The largest absolute Gasteiger partial charge is 0.357 e. The summed E-state index contributed by atoms with van der Waals surface area (Å²) in [5.74, 6) is 1.73. The first-order valence-corrected chi connectivity index (χ1v) is 9.37. The Bertz CT molecular complexity index is 743. The summed E-state index contributed by atoms with van der Waals surface area (Å²) in [5, 5.41) is 17.4. The molecule has 0 bridgehead atoms. The predicted octanol–water partition coefficient (Wildman–Crippen LogP) is 2.21. The van der Waals surface area contributed by atoms with Gasteiger partial charge in [-0.3, -0.25) is 9.79 Å². The smallest absolute Gasteiger partial charge is 0.221 e. The number of carbonyl (C=O) groups is 1. The molecule has 8 nitrogen and oxygen atoms in total. The third-order valence-corrected chi connectivity index (χ3v) is 3.95. The first-order valence-electron chi connectivity index (χ1n) is 9.37. The molecule has 1 heterocycles. The summed E-state index contributed by atoms with van der Waals surface area (Å²) in [5.41, 5.74) is 1.99. The summed E-state index contributed by atoms with van der Waals surface area (Å²) in [7, 11) is 0. The van der Waals surface area contributed by atoms with Crippen LogP contribution in [0.25, 0.3) is 0 Å². The number of aryl methyl sites for hydroxylation is 1. The molecular weight excluding hydrogens is 469 g/mol. The number of carbonyl (C=O) groups excluding carboxylic acids is 1. The Morgan fingerprint density at radius 3 is 2.57 bits per heavy atom. The molecule has 0 saturated carbocycles. The van der Waals surface area contributed by atoms with E-state index in [9.17, 15) is 4.79 Å². The maximum Gasteiger partial charge on any atom is 0.221 e. The van der Waals surface area contributed by atoms with Gasteiger partial charge in [-0.15, -0.1) is 34.2 Å². The fraction of sp³-hybridized carbons (Fsp3) is 0.474. The number of rotatable bonds is 9. The molecule has 1 aromatic heterocycles. The summed E-state index contributed by atoms with van der Waals surface area (Å²) >= 11 is 0. The Kier molecular flexibility index (Phi) is 11.2. The summed E-state index contributed by atoms with van der Waals surface area (Å²) in [6.07, 6.45) is 3.46. The molecule has 1 aromatic carbocycles. The molecule has 28 heavy (non-hydrogen) atoms. The van der Waals surface area contributed by atoms with Crippen LogP contribution >= 0.6 is 24.0 Å². The van der Waals surface area contributed by atoms with Crippen molar-refractivity contribution in [2.24, 2.45) is 4.99 Å². The second-order valence-electron chi connectivity index (χ2n) is 6.11. The second-order valence-corrected chi connectivity index (χ2v) is 6.11. The van der Waals surface area contributed by atoms with Crippen molar-refractivity contribution < 1.29 is 4.79 Å². The number of hydrogen-bond acceptors (Lipinski definition) is 4. The van der Waals surface area contributed by atoms with Crippen LogP contribution in [0.2, 0.25) is 0 Å². The van der Waals surface area contributed by atoms with Crippen LogP contribution in [0, 0.1) is 0 Å². The van der Waals surface area contributed by atoms with E-state index in [2.05, 4.69) is 38.1 Å². The van der Waals surface area contributed by atoms with Crippen molar-refractivity contribution in [1.29, 1.82) is 0 Å². The van der Waals surface area contributed by atoms with Crippen LogP contribution in [0.3, 0.4) is 0 Å². The Hall–Kier alpha value is -2.17. The zero-order chi connectivity index (χ0) is 19.5. The van der Waals surface area contributed by atoms with Gasteiger partial charge in [-0.25, -0.2) is 0 Å². The number of amides is 1. The Morgan fingerprint density at radius 1 is 1.18 bits per heavy atom. The van der Waals surface area contributed by atoms with Gasteiger partial charge in [0.2, 0.25) is 5.91 Å². The Morgan fingerprint density at radius 2 is 1.93 bits per heavy atom. The minimum Gasteiger partial charge on any atom is -0.357 e. The van der Waals surface area contributed by atoms with E-state index in [0.29, 0.717) is 6.54 Å². The average Bonchev–Trinajstić information content (AvgIpc) is 3.10. The highest BCUT2D eigenvalue weighted by Gasteiger charge is 2.02. The van der Waals surface area contributed by atoms with Crippen molar-refractivity contribution >= 4 is 41.5 Å². The molecule has 154 valence electrons. The number of aliphatic imine (C=N–C) groups is 1. The molecule has 0 saturated heterocycles. The normalized spacial score (nSPS) is 10.9. The molecule has 3 N–H and O–H groups in total. The van der Waals surface area contributed by atoms with E-state index in [1.807, 2.05) is 35.8 Å². The van der Waals surface area contributed by atoms with Crippen molar-refractivity contribution in [3.8, 4) is 0 Å². The number of halogens is 1. The molecule has 1 amide bonds. The molecule has 2 rings (SSSR count). The third kappa shape index (κ3) is 8.24. The molecule has 2 aromatic rings. The summed E-state index contributed by atoms with van der Waals surface area (Å²) < 4.78 is 2.05. The first kappa shape index (κ1) is 23.9. The highest BCUT2D eigenvalue weighted by molar-refractivity contribution is 14.0. The average molecular weight is 499 g/mol. The van der Waals surface area contributed by atoms with Gasteiger partial charge in [-0.1, -0.05) is 19.1 Å². The molecule has 0 aliphatic rings. The monoisotopic (exact) mass is 499 g/mol. The fourth-order valence-electron chi connectivity index (χ4n) is 2.63. The summed E-state index contributed by atoms with van der Waals surface area (Å²) in [4.78, 5) is 15.7. The maximum absolute atomic E-state index is 11.1. The van der Waals surface area contributed by atoms with Gasteiger partial charge in [0.1, 0.15) is 12.2 Å². The molecular formula is C19H30IN7O. The van der Waals surface area contributed by atoms with Gasteiger partial charge in [0.15, 0.2) is 5.96 Å². The van der Waals surface area contributed by atoms with Crippen LogP contribution in [0.15, 0.2) is 35.6 Å². The SMILES string of the molecule is CCNC(=NCCc1ccc(NC(C)=O)cc1)NCCn1cnnc1CC.I. The molecule has 0 atom stereocenters. The second kappa shape index (κ2) is 13.1. The van der Waals surface area contributed by atoms with Gasteiger partial charge >= 0.3 is 0 Å². The molecule has 0 unspecified atom stereocenters. The van der Waals surface area contributed by atoms with Crippen molar-refractivity contribution in [2.75, 3.05) is 25.0 Å². The maximum atomic E-state index is 11.1. The lowest BCUT2D eigenvalue weighted by atomic mass is 10.1. The van der Waals surface area contributed by atoms with E-state index in [-0.39, 0.29) is 29.9 Å². The highest BCUT2D eigenvalue weighted by Crippen LogP contribution is 2.10. The quantitative estimate of drug-likeness (QED) is 0.280. The zero-order valence-electron chi connectivity index (χ0n) is 16.7.